The first kappa shape index (κ1) is 17.8. The Morgan fingerprint density at radius 2 is 2.11 bits per heavy atom. The van der Waals surface area contributed by atoms with E-state index in [9.17, 15) is 9.59 Å². The van der Waals surface area contributed by atoms with Crippen molar-refractivity contribution in [3.63, 3.8) is 0 Å². The molecule has 1 aliphatic carbocycles. The van der Waals surface area contributed by atoms with Gasteiger partial charge < -0.3 is 20.1 Å². The molecule has 1 aromatic heterocycles. The number of amides is 3. The summed E-state index contributed by atoms with van der Waals surface area (Å²) >= 11 is 6.20. The number of hydrogen-bond acceptors (Lipinski definition) is 5. The summed E-state index contributed by atoms with van der Waals surface area (Å²) in [7, 11) is 0. The minimum absolute atomic E-state index is 0.00531. The van der Waals surface area contributed by atoms with Crippen molar-refractivity contribution >= 4 is 29.2 Å². The van der Waals surface area contributed by atoms with E-state index in [1.165, 1.54) is 0 Å². The van der Waals surface area contributed by atoms with Crippen LogP contribution < -0.4 is 10.6 Å². The lowest BCUT2D eigenvalue weighted by Crippen LogP contribution is -2.34. The van der Waals surface area contributed by atoms with Gasteiger partial charge >= 0.3 is 6.03 Å². The molecule has 27 heavy (non-hydrogen) atoms. The number of likely N-dealkylation sites (tertiary alicyclic amines) is 1. The van der Waals surface area contributed by atoms with Crippen LogP contribution in [0.3, 0.4) is 0 Å². The van der Waals surface area contributed by atoms with E-state index >= 15 is 0 Å². The Morgan fingerprint density at radius 3 is 2.85 bits per heavy atom. The highest BCUT2D eigenvalue weighted by molar-refractivity contribution is 6.33. The number of benzene rings is 1. The number of carbonyl (C=O) groups is 2. The Balaban J connectivity index is 1.46. The lowest BCUT2D eigenvalue weighted by Gasteiger charge is -2.22. The number of anilines is 1. The number of hydrogen-bond donors (Lipinski definition) is 2. The highest BCUT2D eigenvalue weighted by Gasteiger charge is 2.35. The quantitative estimate of drug-likeness (QED) is 0.835. The van der Waals surface area contributed by atoms with E-state index < -0.39 is 0 Å². The summed E-state index contributed by atoms with van der Waals surface area (Å²) in [5, 5.41) is 9.90. The van der Waals surface area contributed by atoms with Crippen LogP contribution in [0, 0.1) is 6.92 Å². The van der Waals surface area contributed by atoms with Crippen LogP contribution in [0.5, 0.6) is 0 Å². The Labute approximate surface area is 161 Å². The number of nitrogens with zero attached hydrogens (tertiary/aromatic N) is 3. The summed E-state index contributed by atoms with van der Waals surface area (Å²) in [5.74, 6) is -0.0581. The fraction of sp³-hybridized carbons (Fsp3) is 0.444. The molecule has 1 aromatic carbocycles. The molecule has 1 saturated heterocycles. The summed E-state index contributed by atoms with van der Waals surface area (Å²) < 4.78 is 5.27. The van der Waals surface area contributed by atoms with Crippen molar-refractivity contribution in [2.24, 2.45) is 0 Å². The molecule has 1 aliphatic heterocycles. The maximum Gasteiger partial charge on any atom is 0.322 e. The van der Waals surface area contributed by atoms with E-state index in [1.807, 2.05) is 13.0 Å². The normalized spacial score (nSPS) is 19.2. The van der Waals surface area contributed by atoms with Gasteiger partial charge in [-0.25, -0.2) is 4.79 Å². The van der Waals surface area contributed by atoms with Gasteiger partial charge in [0.1, 0.15) is 6.04 Å². The van der Waals surface area contributed by atoms with Gasteiger partial charge in [-0.05, 0) is 50.3 Å². The number of rotatable bonds is 4. The molecule has 142 valence electrons. The number of urea groups is 1. The number of carbonyl (C=O) groups excluding carboxylic acids is 2. The van der Waals surface area contributed by atoms with Crippen molar-refractivity contribution in [1.82, 2.24) is 20.4 Å². The summed E-state index contributed by atoms with van der Waals surface area (Å²) in [4.78, 5) is 30.6. The molecule has 8 nitrogen and oxygen atoms in total. The first-order chi connectivity index (χ1) is 13.0. The summed E-state index contributed by atoms with van der Waals surface area (Å²) in [6, 6.07) is 5.02. The Morgan fingerprint density at radius 1 is 1.30 bits per heavy atom. The zero-order valence-corrected chi connectivity index (χ0v) is 15.6. The second kappa shape index (κ2) is 7.19. The third-order valence-corrected chi connectivity index (χ3v) is 5.04. The van der Waals surface area contributed by atoms with Gasteiger partial charge in [-0.3, -0.25) is 4.79 Å². The fourth-order valence-electron chi connectivity index (χ4n) is 3.12. The molecule has 1 unspecified atom stereocenters. The maximum atomic E-state index is 12.7. The monoisotopic (exact) mass is 389 g/mol. The van der Waals surface area contributed by atoms with Gasteiger partial charge in [0.15, 0.2) is 0 Å². The first-order valence-corrected chi connectivity index (χ1v) is 9.37. The van der Waals surface area contributed by atoms with E-state index in [0.29, 0.717) is 23.7 Å². The zero-order valence-electron chi connectivity index (χ0n) is 14.9. The maximum absolute atomic E-state index is 12.7. The Bertz CT molecular complexity index is 880. The van der Waals surface area contributed by atoms with Crippen LogP contribution in [0.4, 0.5) is 10.5 Å². The van der Waals surface area contributed by atoms with Crippen LogP contribution in [0.1, 0.15) is 53.8 Å². The van der Waals surface area contributed by atoms with Gasteiger partial charge in [0.2, 0.25) is 5.89 Å². The van der Waals surface area contributed by atoms with Crippen LogP contribution in [0.25, 0.3) is 0 Å². The van der Waals surface area contributed by atoms with Crippen molar-refractivity contribution in [3.05, 3.63) is 40.5 Å². The topological polar surface area (TPSA) is 100 Å². The van der Waals surface area contributed by atoms with Crippen LogP contribution in [-0.2, 0) is 0 Å². The summed E-state index contributed by atoms with van der Waals surface area (Å²) in [6.45, 7) is 2.49. The van der Waals surface area contributed by atoms with Crippen molar-refractivity contribution in [1.29, 1.82) is 0 Å². The molecule has 1 saturated carbocycles. The largest absolute Gasteiger partial charge is 0.346 e. The molecular formula is C18H20ClN5O3. The summed E-state index contributed by atoms with van der Waals surface area (Å²) in [5.41, 5.74) is 1.56. The molecule has 0 radical (unpaired) electrons. The van der Waals surface area contributed by atoms with Crippen molar-refractivity contribution < 1.29 is 14.1 Å². The van der Waals surface area contributed by atoms with Gasteiger partial charge in [0.05, 0.1) is 10.7 Å². The minimum atomic E-state index is -0.357. The van der Waals surface area contributed by atoms with Gasteiger partial charge in [-0.2, -0.15) is 4.98 Å². The highest BCUT2D eigenvalue weighted by atomic mass is 35.5. The fourth-order valence-corrected chi connectivity index (χ4v) is 3.40. The second-order valence-electron chi connectivity index (χ2n) is 6.97. The van der Waals surface area contributed by atoms with E-state index in [4.69, 9.17) is 16.1 Å². The van der Waals surface area contributed by atoms with Crippen molar-refractivity contribution in [2.45, 2.75) is 44.7 Å². The molecular weight excluding hydrogens is 370 g/mol. The lowest BCUT2D eigenvalue weighted by molar-refractivity contribution is 0.0937. The molecule has 2 aliphatic rings. The SMILES string of the molecule is Cc1ccc(NC(=O)N2CCCC2c2nc(C(=O)NC3CC3)no2)c(Cl)c1. The third kappa shape index (κ3) is 3.90. The number of aryl methyl sites for hydroxylation is 1. The molecule has 2 aromatic rings. The van der Waals surface area contributed by atoms with E-state index in [-0.39, 0.29) is 35.7 Å². The van der Waals surface area contributed by atoms with E-state index in [1.54, 1.807) is 17.0 Å². The Hall–Kier alpha value is -2.61. The number of nitrogens with one attached hydrogen (secondary N) is 2. The summed E-state index contributed by atoms with van der Waals surface area (Å²) in [6.07, 6.45) is 3.47. The Kier molecular flexibility index (Phi) is 4.73. The van der Waals surface area contributed by atoms with Gasteiger partial charge in [-0.15, -0.1) is 0 Å². The molecule has 2 heterocycles. The average molecular weight is 390 g/mol. The van der Waals surface area contributed by atoms with Gasteiger partial charge in [0.25, 0.3) is 11.7 Å². The molecule has 4 rings (SSSR count). The predicted molar refractivity (Wildman–Crippen MR) is 98.7 cm³/mol. The molecule has 2 N–H and O–H groups in total. The van der Waals surface area contributed by atoms with E-state index in [0.717, 1.165) is 24.8 Å². The molecule has 0 bridgehead atoms. The minimum Gasteiger partial charge on any atom is -0.346 e. The average Bonchev–Trinajstić information content (AvgIpc) is 3.13. The molecule has 0 spiro atoms. The molecule has 9 heteroatoms. The smallest absolute Gasteiger partial charge is 0.322 e. The predicted octanol–water partition coefficient (Wildman–Crippen LogP) is 3.29. The number of aromatic nitrogens is 2. The van der Waals surface area contributed by atoms with E-state index in [2.05, 4.69) is 20.8 Å². The van der Waals surface area contributed by atoms with Crippen molar-refractivity contribution in [3.8, 4) is 0 Å². The van der Waals surface area contributed by atoms with Crippen LogP contribution in [0.2, 0.25) is 5.02 Å². The van der Waals surface area contributed by atoms with Crippen LogP contribution >= 0.6 is 11.6 Å². The lowest BCUT2D eigenvalue weighted by atomic mass is 10.2. The molecule has 3 amide bonds. The van der Waals surface area contributed by atoms with Crippen LogP contribution in [-0.4, -0.2) is 39.6 Å². The molecule has 2 fully saturated rings. The molecule has 1 atom stereocenters. The van der Waals surface area contributed by atoms with Gasteiger partial charge in [0, 0.05) is 12.6 Å². The second-order valence-corrected chi connectivity index (χ2v) is 7.38. The zero-order chi connectivity index (χ0) is 19.0. The standard InChI is InChI=1S/C18H20ClN5O3/c1-10-4-7-13(12(19)9-10)21-18(26)24-8-2-3-14(24)17-22-15(23-27-17)16(25)20-11-5-6-11/h4,7,9,11,14H,2-3,5-6,8H2,1H3,(H,20,25)(H,21,26). The first-order valence-electron chi connectivity index (χ1n) is 8.99. The number of halogens is 1. The third-order valence-electron chi connectivity index (χ3n) is 4.72. The van der Waals surface area contributed by atoms with Gasteiger partial charge in [-0.1, -0.05) is 22.8 Å². The van der Waals surface area contributed by atoms with Crippen molar-refractivity contribution in [2.75, 3.05) is 11.9 Å². The van der Waals surface area contributed by atoms with Crippen LogP contribution in [0.15, 0.2) is 22.7 Å². The highest BCUT2D eigenvalue weighted by Crippen LogP contribution is 2.32.